The van der Waals surface area contributed by atoms with Gasteiger partial charge in [-0.3, -0.25) is 4.79 Å². The van der Waals surface area contributed by atoms with Crippen molar-refractivity contribution in [2.45, 2.75) is 32.1 Å². The molecule has 6 heteroatoms. The summed E-state index contributed by atoms with van der Waals surface area (Å²) in [7, 11) is 1.68. The van der Waals surface area contributed by atoms with Gasteiger partial charge in [0, 0.05) is 50.0 Å². The highest BCUT2D eigenvalue weighted by Gasteiger charge is 2.41. The Balaban J connectivity index is 1.57. The fourth-order valence-corrected chi connectivity index (χ4v) is 4.75. The number of pyridine rings is 1. The van der Waals surface area contributed by atoms with Crippen LogP contribution in [0.5, 0.6) is 5.75 Å². The third-order valence-electron chi connectivity index (χ3n) is 6.21. The number of methoxy groups -OCH3 is 1. The molecule has 1 N–H and O–H groups in total. The molecule has 1 aromatic carbocycles. The van der Waals surface area contributed by atoms with Crippen molar-refractivity contribution in [1.82, 2.24) is 9.88 Å². The number of anilines is 1. The molecule has 3 heterocycles. The molecule has 2 fully saturated rings. The Morgan fingerprint density at radius 2 is 2.11 bits per heavy atom. The van der Waals surface area contributed by atoms with Gasteiger partial charge in [0.25, 0.3) is 0 Å². The summed E-state index contributed by atoms with van der Waals surface area (Å²) in [6.45, 7) is 3.48. The molecule has 1 amide bonds. The number of amides is 1. The number of carbonyl (C=O) groups is 1. The quantitative estimate of drug-likeness (QED) is 0.860. The normalized spacial score (nSPS) is 22.9. The predicted molar refractivity (Wildman–Crippen MR) is 110 cm³/mol. The lowest BCUT2D eigenvalue weighted by Gasteiger charge is -2.48. The second kappa shape index (κ2) is 7.95. The third kappa shape index (κ3) is 3.65. The van der Waals surface area contributed by atoms with Crippen molar-refractivity contribution in [2.24, 2.45) is 5.41 Å². The molecule has 28 heavy (non-hydrogen) atoms. The zero-order chi connectivity index (χ0) is 19.6. The summed E-state index contributed by atoms with van der Waals surface area (Å²) in [5.41, 5.74) is 1.02. The summed E-state index contributed by atoms with van der Waals surface area (Å²) >= 11 is 0. The van der Waals surface area contributed by atoms with Gasteiger partial charge in [-0.05, 0) is 43.9 Å². The minimum atomic E-state index is 0.124. The number of aliphatic hydroxyl groups is 1. The van der Waals surface area contributed by atoms with Crippen molar-refractivity contribution >= 4 is 22.6 Å². The summed E-state index contributed by atoms with van der Waals surface area (Å²) in [5, 5.41) is 10.2. The molecule has 6 nitrogen and oxygen atoms in total. The molecule has 2 aromatic rings. The van der Waals surface area contributed by atoms with E-state index in [-0.39, 0.29) is 17.9 Å². The molecule has 2 aliphatic rings. The summed E-state index contributed by atoms with van der Waals surface area (Å²) in [6, 6.07) is 10.2. The molecule has 1 aromatic heterocycles. The van der Waals surface area contributed by atoms with Crippen molar-refractivity contribution in [3.8, 4) is 5.75 Å². The second-order valence-electron chi connectivity index (χ2n) is 8.12. The zero-order valence-corrected chi connectivity index (χ0v) is 16.6. The number of para-hydroxylation sites is 1. The highest BCUT2D eigenvalue weighted by Crippen LogP contribution is 2.40. The minimum Gasteiger partial charge on any atom is -0.494 e. The third-order valence-corrected chi connectivity index (χ3v) is 6.21. The van der Waals surface area contributed by atoms with Gasteiger partial charge < -0.3 is 19.6 Å². The van der Waals surface area contributed by atoms with Crippen molar-refractivity contribution < 1.29 is 14.6 Å². The van der Waals surface area contributed by atoms with E-state index in [9.17, 15) is 4.79 Å². The number of aliphatic hydroxyl groups excluding tert-OH is 1. The summed E-state index contributed by atoms with van der Waals surface area (Å²) in [6.07, 6.45) is 4.45. The topological polar surface area (TPSA) is 65.9 Å². The lowest BCUT2D eigenvalue weighted by Crippen LogP contribution is -2.54. The zero-order valence-electron chi connectivity index (χ0n) is 16.6. The van der Waals surface area contributed by atoms with Crippen LogP contribution in [-0.4, -0.2) is 60.8 Å². The van der Waals surface area contributed by atoms with Crippen LogP contribution in [0.4, 0.5) is 5.82 Å². The Bertz CT molecular complexity index is 856. The average molecular weight is 383 g/mol. The van der Waals surface area contributed by atoms with Gasteiger partial charge in [-0.25, -0.2) is 4.98 Å². The fraction of sp³-hybridized carbons (Fsp3) is 0.545. The number of ether oxygens (including phenoxy) is 1. The van der Waals surface area contributed by atoms with Gasteiger partial charge >= 0.3 is 0 Å². The number of rotatable bonds is 5. The van der Waals surface area contributed by atoms with Crippen LogP contribution in [0.1, 0.15) is 32.1 Å². The van der Waals surface area contributed by atoms with E-state index in [0.29, 0.717) is 19.4 Å². The van der Waals surface area contributed by atoms with E-state index in [2.05, 4.69) is 23.1 Å². The Kier molecular flexibility index (Phi) is 5.40. The van der Waals surface area contributed by atoms with E-state index in [1.807, 2.05) is 17.0 Å². The summed E-state index contributed by atoms with van der Waals surface area (Å²) in [5.74, 6) is 2.00. The monoisotopic (exact) mass is 383 g/mol. The molecule has 4 rings (SSSR count). The number of fused-ring (bicyclic) bond motifs is 1. The number of piperidine rings is 2. The van der Waals surface area contributed by atoms with Gasteiger partial charge in [-0.15, -0.1) is 0 Å². The summed E-state index contributed by atoms with van der Waals surface area (Å²) in [4.78, 5) is 21.5. The lowest BCUT2D eigenvalue weighted by atomic mass is 9.73. The van der Waals surface area contributed by atoms with E-state index >= 15 is 0 Å². The van der Waals surface area contributed by atoms with Crippen LogP contribution >= 0.6 is 0 Å². The molecule has 1 spiro atoms. The number of hydrogen-bond acceptors (Lipinski definition) is 5. The Morgan fingerprint density at radius 1 is 1.21 bits per heavy atom. The van der Waals surface area contributed by atoms with Gasteiger partial charge in [0.2, 0.25) is 5.91 Å². The SMILES string of the molecule is COc1cccc2ccc(N3CCC[C@@]4(CCC(=O)N(CCCO)C4)C3)nc12. The number of aromatic nitrogens is 1. The van der Waals surface area contributed by atoms with Gasteiger partial charge in [0.15, 0.2) is 0 Å². The maximum absolute atomic E-state index is 12.3. The first-order valence-electron chi connectivity index (χ1n) is 10.2. The van der Waals surface area contributed by atoms with Crippen LogP contribution in [0.2, 0.25) is 0 Å². The number of nitrogens with zero attached hydrogens (tertiary/aromatic N) is 3. The number of hydrogen-bond donors (Lipinski definition) is 1. The second-order valence-corrected chi connectivity index (χ2v) is 8.12. The Labute approximate surface area is 166 Å². The van der Waals surface area contributed by atoms with E-state index < -0.39 is 0 Å². The first-order valence-corrected chi connectivity index (χ1v) is 10.2. The van der Waals surface area contributed by atoms with E-state index in [1.165, 1.54) is 0 Å². The van der Waals surface area contributed by atoms with Gasteiger partial charge in [0.1, 0.15) is 17.1 Å². The molecule has 0 radical (unpaired) electrons. The summed E-state index contributed by atoms with van der Waals surface area (Å²) < 4.78 is 5.50. The molecule has 0 saturated carbocycles. The molecule has 0 aliphatic carbocycles. The van der Waals surface area contributed by atoms with Gasteiger partial charge in [-0.2, -0.15) is 0 Å². The van der Waals surface area contributed by atoms with Crippen LogP contribution in [0.3, 0.4) is 0 Å². The lowest BCUT2D eigenvalue weighted by molar-refractivity contribution is -0.138. The number of benzene rings is 1. The van der Waals surface area contributed by atoms with E-state index in [0.717, 1.165) is 61.4 Å². The van der Waals surface area contributed by atoms with Crippen LogP contribution in [0.25, 0.3) is 10.9 Å². The van der Waals surface area contributed by atoms with Crippen LogP contribution < -0.4 is 9.64 Å². The molecular weight excluding hydrogens is 354 g/mol. The van der Waals surface area contributed by atoms with Crippen molar-refractivity contribution in [2.75, 3.05) is 44.8 Å². The standard InChI is InChI=1S/C22H29N3O3/c1-28-18-6-2-5-17-7-8-19(23-21(17)18)24-12-3-10-22(15-24)11-9-20(27)25(16-22)13-4-14-26/h2,5-8,26H,3-4,9-16H2,1H3/t22-/m1/s1. The van der Waals surface area contributed by atoms with Crippen molar-refractivity contribution in [3.05, 3.63) is 30.3 Å². The Morgan fingerprint density at radius 3 is 2.93 bits per heavy atom. The average Bonchev–Trinajstić information content (AvgIpc) is 2.74. The molecule has 2 saturated heterocycles. The highest BCUT2D eigenvalue weighted by atomic mass is 16.5. The van der Waals surface area contributed by atoms with E-state index in [1.54, 1.807) is 7.11 Å². The molecule has 0 bridgehead atoms. The first kappa shape index (κ1) is 19.0. The maximum atomic E-state index is 12.3. The number of carbonyl (C=O) groups excluding carboxylic acids is 1. The molecule has 1 atom stereocenters. The Hall–Kier alpha value is -2.34. The number of likely N-dealkylation sites (tertiary alicyclic amines) is 1. The smallest absolute Gasteiger partial charge is 0.222 e. The van der Waals surface area contributed by atoms with Crippen LogP contribution in [-0.2, 0) is 4.79 Å². The maximum Gasteiger partial charge on any atom is 0.222 e. The van der Waals surface area contributed by atoms with Crippen LogP contribution in [0, 0.1) is 5.41 Å². The van der Waals surface area contributed by atoms with E-state index in [4.69, 9.17) is 14.8 Å². The molecule has 2 aliphatic heterocycles. The van der Waals surface area contributed by atoms with Gasteiger partial charge in [-0.1, -0.05) is 12.1 Å². The fourth-order valence-electron chi connectivity index (χ4n) is 4.75. The van der Waals surface area contributed by atoms with Crippen molar-refractivity contribution in [3.63, 3.8) is 0 Å². The van der Waals surface area contributed by atoms with Crippen molar-refractivity contribution in [1.29, 1.82) is 0 Å². The molecular formula is C22H29N3O3. The predicted octanol–water partition coefficient (Wildman–Crippen LogP) is 2.83. The van der Waals surface area contributed by atoms with Crippen LogP contribution in [0.15, 0.2) is 30.3 Å². The first-order chi connectivity index (χ1) is 13.6. The highest BCUT2D eigenvalue weighted by molar-refractivity contribution is 5.86. The molecule has 150 valence electrons. The largest absolute Gasteiger partial charge is 0.494 e. The minimum absolute atomic E-state index is 0.124. The van der Waals surface area contributed by atoms with Gasteiger partial charge in [0.05, 0.1) is 7.11 Å². The molecule has 0 unspecified atom stereocenters.